The molecule has 0 atom stereocenters. The Hall–Kier alpha value is -1.66. The highest BCUT2D eigenvalue weighted by molar-refractivity contribution is 6.59. The van der Waals surface area contributed by atoms with Gasteiger partial charge in [-0.2, -0.15) is 0 Å². The van der Waals surface area contributed by atoms with Crippen LogP contribution in [0.25, 0.3) is 0 Å². The zero-order valence-corrected chi connectivity index (χ0v) is 8.74. The van der Waals surface area contributed by atoms with Crippen molar-refractivity contribution in [2.45, 2.75) is 6.92 Å². The fourth-order valence-corrected chi connectivity index (χ4v) is 0.925. The molecule has 1 aromatic carbocycles. The number of nitrogens with one attached hydrogen (secondary N) is 1. The Morgan fingerprint density at radius 1 is 1.62 bits per heavy atom. The van der Waals surface area contributed by atoms with Crippen LogP contribution in [-0.2, 0) is 9.55 Å². The van der Waals surface area contributed by atoms with Crippen molar-refractivity contribution >= 4 is 18.5 Å². The first kappa shape index (κ1) is 12.4. The Kier molecular flexibility index (Phi) is 4.22. The lowest BCUT2D eigenvalue weighted by Gasteiger charge is -2.08. The Morgan fingerprint density at radius 2 is 2.31 bits per heavy atom. The summed E-state index contributed by atoms with van der Waals surface area (Å²) < 4.78 is 17.4. The molecule has 0 fully saturated rings. The van der Waals surface area contributed by atoms with Gasteiger partial charge in [0.2, 0.25) is 0 Å². The monoisotopic (exact) mass is 223 g/mol. The summed E-state index contributed by atoms with van der Waals surface area (Å²) in [5, 5.41) is 9.44. The summed E-state index contributed by atoms with van der Waals surface area (Å²) in [7, 11) is -1.42. The number of halogens is 1. The summed E-state index contributed by atoms with van der Waals surface area (Å²) in [5.74, 6) is -1.04. The molecule has 84 valence electrons. The lowest BCUT2D eigenvalue weighted by Crippen LogP contribution is -2.41. The van der Waals surface area contributed by atoms with Gasteiger partial charge in [0, 0.05) is 5.57 Å². The number of amides is 1. The molecule has 1 amide bonds. The number of hydrogen-bond acceptors (Lipinski definition) is 3. The van der Waals surface area contributed by atoms with E-state index in [0.717, 1.165) is 6.07 Å². The zero-order valence-electron chi connectivity index (χ0n) is 8.74. The summed E-state index contributed by atoms with van der Waals surface area (Å²) >= 11 is 0. The van der Waals surface area contributed by atoms with Crippen molar-refractivity contribution < 1.29 is 19.0 Å². The molecular formula is C10H11BFNO3. The van der Waals surface area contributed by atoms with Gasteiger partial charge in [0.1, 0.15) is 5.82 Å². The van der Waals surface area contributed by atoms with E-state index in [1.807, 2.05) is 5.48 Å². The van der Waals surface area contributed by atoms with Gasteiger partial charge in [0.15, 0.2) is 0 Å². The standard InChI is InChI=1S/C10H11BFNO3/c1-7(2)10(14)13-16-11(15)8-4-3-5-9(12)6-8/h3-6,15H,1H2,2H3,(H,13,14). The van der Waals surface area contributed by atoms with Crippen LogP contribution >= 0.6 is 0 Å². The molecular weight excluding hydrogens is 212 g/mol. The van der Waals surface area contributed by atoms with Crippen molar-refractivity contribution in [3.63, 3.8) is 0 Å². The quantitative estimate of drug-likeness (QED) is 0.433. The molecule has 0 radical (unpaired) electrons. The SMILES string of the molecule is C=C(C)C(=O)NOB(O)c1cccc(F)c1. The third-order valence-electron chi connectivity index (χ3n) is 1.78. The fourth-order valence-electron chi connectivity index (χ4n) is 0.925. The van der Waals surface area contributed by atoms with Crippen LogP contribution in [0.1, 0.15) is 6.92 Å². The molecule has 0 saturated heterocycles. The molecule has 0 aliphatic heterocycles. The van der Waals surface area contributed by atoms with Crippen molar-refractivity contribution in [2.75, 3.05) is 0 Å². The first-order chi connectivity index (χ1) is 7.50. The molecule has 6 heteroatoms. The maximum absolute atomic E-state index is 12.8. The van der Waals surface area contributed by atoms with Crippen LogP contribution in [0.3, 0.4) is 0 Å². The van der Waals surface area contributed by atoms with Gasteiger partial charge in [0.05, 0.1) is 0 Å². The largest absolute Gasteiger partial charge is 0.514 e. The van der Waals surface area contributed by atoms with Crippen molar-refractivity contribution in [1.29, 1.82) is 0 Å². The van der Waals surface area contributed by atoms with Crippen LogP contribution in [0.5, 0.6) is 0 Å². The lowest BCUT2D eigenvalue weighted by atomic mass is 9.80. The Labute approximate surface area is 92.8 Å². The van der Waals surface area contributed by atoms with Gasteiger partial charge < -0.3 is 5.02 Å². The van der Waals surface area contributed by atoms with Gasteiger partial charge in [-0.1, -0.05) is 18.7 Å². The molecule has 1 aromatic rings. The molecule has 0 unspecified atom stereocenters. The number of rotatable bonds is 4. The predicted octanol–water partition coefficient (Wildman–Crippen LogP) is 0.137. The topological polar surface area (TPSA) is 58.6 Å². The Balaban J connectivity index is 2.56. The first-order valence-corrected chi connectivity index (χ1v) is 4.55. The molecule has 0 aliphatic carbocycles. The number of carbonyl (C=O) groups excluding carboxylic acids is 1. The molecule has 0 heterocycles. The van der Waals surface area contributed by atoms with E-state index in [4.69, 9.17) is 0 Å². The zero-order chi connectivity index (χ0) is 12.1. The molecule has 0 bridgehead atoms. The second-order valence-corrected chi connectivity index (χ2v) is 3.24. The number of hydrogen-bond donors (Lipinski definition) is 2. The molecule has 0 saturated carbocycles. The number of hydroxylamine groups is 1. The van der Waals surface area contributed by atoms with Crippen molar-refractivity contribution in [2.24, 2.45) is 0 Å². The fraction of sp³-hybridized carbons (Fsp3) is 0.100. The molecule has 0 aromatic heterocycles. The van der Waals surface area contributed by atoms with Crippen LogP contribution < -0.4 is 10.9 Å². The van der Waals surface area contributed by atoms with Crippen LogP contribution in [0.4, 0.5) is 4.39 Å². The van der Waals surface area contributed by atoms with E-state index in [2.05, 4.69) is 11.3 Å². The van der Waals surface area contributed by atoms with Crippen molar-refractivity contribution in [1.82, 2.24) is 5.48 Å². The summed E-state index contributed by atoms with van der Waals surface area (Å²) in [6, 6.07) is 5.25. The summed E-state index contributed by atoms with van der Waals surface area (Å²) in [5.41, 5.74) is 2.44. The maximum atomic E-state index is 12.8. The number of carbonyl (C=O) groups is 1. The Morgan fingerprint density at radius 3 is 2.88 bits per heavy atom. The molecule has 0 aliphatic rings. The van der Waals surface area contributed by atoms with Gasteiger partial charge in [-0.3, -0.25) is 9.55 Å². The van der Waals surface area contributed by atoms with Gasteiger partial charge in [-0.05, 0) is 24.5 Å². The highest BCUT2D eigenvalue weighted by atomic mass is 19.1. The van der Waals surface area contributed by atoms with Crippen molar-refractivity contribution in [3.8, 4) is 0 Å². The van der Waals surface area contributed by atoms with Crippen LogP contribution in [0, 0.1) is 5.82 Å². The highest BCUT2D eigenvalue weighted by Crippen LogP contribution is 1.94. The van der Waals surface area contributed by atoms with Gasteiger partial charge in [-0.25, -0.2) is 9.87 Å². The minimum atomic E-state index is -1.42. The second-order valence-electron chi connectivity index (χ2n) is 3.24. The minimum Gasteiger partial charge on any atom is -0.422 e. The van der Waals surface area contributed by atoms with Gasteiger partial charge >= 0.3 is 7.12 Å². The van der Waals surface area contributed by atoms with E-state index >= 15 is 0 Å². The van der Waals surface area contributed by atoms with E-state index in [1.54, 1.807) is 0 Å². The van der Waals surface area contributed by atoms with E-state index in [1.165, 1.54) is 25.1 Å². The lowest BCUT2D eigenvalue weighted by molar-refractivity contribution is -0.124. The molecule has 4 nitrogen and oxygen atoms in total. The average Bonchev–Trinajstić information content (AvgIpc) is 2.25. The maximum Gasteiger partial charge on any atom is 0.514 e. The van der Waals surface area contributed by atoms with E-state index in [9.17, 15) is 14.2 Å². The van der Waals surface area contributed by atoms with Crippen LogP contribution in [0.15, 0.2) is 36.4 Å². The van der Waals surface area contributed by atoms with E-state index < -0.39 is 18.8 Å². The predicted molar refractivity (Wildman–Crippen MR) is 58.0 cm³/mol. The summed E-state index contributed by atoms with van der Waals surface area (Å²) in [4.78, 5) is 11.0. The first-order valence-electron chi connectivity index (χ1n) is 4.55. The number of benzene rings is 1. The average molecular weight is 223 g/mol. The molecule has 1 rings (SSSR count). The molecule has 16 heavy (non-hydrogen) atoms. The highest BCUT2D eigenvalue weighted by Gasteiger charge is 2.18. The molecule has 2 N–H and O–H groups in total. The Bertz CT molecular complexity index is 411. The van der Waals surface area contributed by atoms with Gasteiger partial charge in [0.25, 0.3) is 5.91 Å². The third kappa shape index (κ3) is 3.49. The smallest absolute Gasteiger partial charge is 0.422 e. The normalized spacial score (nSPS) is 9.69. The van der Waals surface area contributed by atoms with E-state index in [0.29, 0.717) is 0 Å². The van der Waals surface area contributed by atoms with E-state index in [-0.39, 0.29) is 11.0 Å². The van der Waals surface area contributed by atoms with Crippen LogP contribution in [-0.4, -0.2) is 18.0 Å². The summed E-state index contributed by atoms with van der Waals surface area (Å²) in [6.45, 7) is 4.88. The van der Waals surface area contributed by atoms with Crippen molar-refractivity contribution in [3.05, 3.63) is 42.2 Å². The summed E-state index contributed by atoms with van der Waals surface area (Å²) in [6.07, 6.45) is 0. The van der Waals surface area contributed by atoms with Crippen LogP contribution in [0.2, 0.25) is 0 Å². The molecule has 0 spiro atoms. The van der Waals surface area contributed by atoms with Gasteiger partial charge in [-0.15, -0.1) is 0 Å². The third-order valence-corrected chi connectivity index (χ3v) is 1.78. The second kappa shape index (κ2) is 5.43. The minimum absolute atomic E-state index is 0.210.